The molecule has 2 aromatic rings. The van der Waals surface area contributed by atoms with Crippen LogP contribution in [0.4, 0.5) is 5.69 Å². The van der Waals surface area contributed by atoms with E-state index < -0.39 is 0 Å². The van der Waals surface area contributed by atoms with Gasteiger partial charge in [0.25, 0.3) is 0 Å². The van der Waals surface area contributed by atoms with E-state index in [0.717, 1.165) is 33.5 Å². The minimum atomic E-state index is 0.851. The topological polar surface area (TPSA) is 59.7 Å². The zero-order chi connectivity index (χ0) is 15.9. The molecule has 3 heteroatoms. The number of anilines is 1. The molecule has 22 heavy (non-hydrogen) atoms. The molecule has 0 heterocycles. The van der Waals surface area contributed by atoms with E-state index in [1.54, 1.807) is 12.2 Å². The van der Waals surface area contributed by atoms with Crippen LogP contribution in [-0.2, 0) is 0 Å². The van der Waals surface area contributed by atoms with Crippen LogP contribution in [-0.4, -0.2) is 19.5 Å². The molecule has 0 bridgehead atoms. The zero-order valence-corrected chi connectivity index (χ0v) is 12.6. The highest BCUT2D eigenvalue weighted by atomic mass is 14.8. The molecule has 0 aromatic heterocycles. The van der Waals surface area contributed by atoms with Crippen LogP contribution in [0.15, 0.2) is 61.2 Å². The summed E-state index contributed by atoms with van der Waals surface area (Å²) in [7, 11) is 1.85. The van der Waals surface area contributed by atoms with Gasteiger partial charge in [-0.25, -0.2) is 0 Å². The molecule has 0 aliphatic rings. The Labute approximate surface area is 131 Å². The van der Waals surface area contributed by atoms with Crippen LogP contribution in [0.2, 0.25) is 0 Å². The van der Waals surface area contributed by atoms with Gasteiger partial charge in [0.1, 0.15) is 0 Å². The largest absolute Gasteiger partial charge is 0.388 e. The molecule has 0 aliphatic carbocycles. The van der Waals surface area contributed by atoms with Crippen LogP contribution in [0.3, 0.4) is 0 Å². The molecule has 0 fully saturated rings. The van der Waals surface area contributed by atoms with Crippen LogP contribution >= 0.6 is 0 Å². The second kappa shape index (κ2) is 7.18. The summed E-state index contributed by atoms with van der Waals surface area (Å²) in [4.78, 5) is 0. The Kier molecular flexibility index (Phi) is 5.04. The van der Waals surface area contributed by atoms with Crippen molar-refractivity contribution in [2.24, 2.45) is 0 Å². The second-order valence-electron chi connectivity index (χ2n) is 4.77. The first-order chi connectivity index (χ1) is 10.7. The number of hydrogen-bond acceptors (Lipinski definition) is 3. The van der Waals surface area contributed by atoms with Crippen molar-refractivity contribution in [3.05, 3.63) is 72.3 Å². The minimum absolute atomic E-state index is 0.851. The van der Waals surface area contributed by atoms with Gasteiger partial charge in [0.15, 0.2) is 0 Å². The van der Waals surface area contributed by atoms with Gasteiger partial charge in [0.2, 0.25) is 0 Å². The summed E-state index contributed by atoms with van der Waals surface area (Å²) in [6, 6.07) is 14.1. The van der Waals surface area contributed by atoms with E-state index >= 15 is 0 Å². The van der Waals surface area contributed by atoms with Gasteiger partial charge in [-0.3, -0.25) is 0 Å². The SMILES string of the molecule is C=C/C(=C\C=N)c1cccc(-c2ccc(NC)c(C=N)c2)c1. The summed E-state index contributed by atoms with van der Waals surface area (Å²) in [5, 5.41) is 17.8. The molecule has 0 aliphatic heterocycles. The lowest BCUT2D eigenvalue weighted by Gasteiger charge is -2.10. The van der Waals surface area contributed by atoms with Crippen molar-refractivity contribution < 1.29 is 0 Å². The maximum absolute atomic E-state index is 7.53. The summed E-state index contributed by atoms with van der Waals surface area (Å²) < 4.78 is 0. The van der Waals surface area contributed by atoms with E-state index in [4.69, 9.17) is 10.8 Å². The van der Waals surface area contributed by atoms with E-state index in [1.165, 1.54) is 12.4 Å². The van der Waals surface area contributed by atoms with E-state index in [-0.39, 0.29) is 0 Å². The maximum atomic E-state index is 7.53. The average Bonchev–Trinajstić information content (AvgIpc) is 2.59. The van der Waals surface area contributed by atoms with Crippen LogP contribution < -0.4 is 5.32 Å². The average molecular weight is 289 g/mol. The van der Waals surface area contributed by atoms with Crippen molar-refractivity contribution in [3.63, 3.8) is 0 Å². The highest BCUT2D eigenvalue weighted by Crippen LogP contribution is 2.27. The molecule has 0 amide bonds. The monoisotopic (exact) mass is 289 g/mol. The molecule has 2 rings (SSSR count). The van der Waals surface area contributed by atoms with Crippen molar-refractivity contribution in [1.82, 2.24) is 0 Å². The molecule has 110 valence electrons. The van der Waals surface area contributed by atoms with Gasteiger partial charge in [-0.2, -0.15) is 0 Å². The Balaban J connectivity index is 2.50. The molecule has 2 aromatic carbocycles. The highest BCUT2D eigenvalue weighted by molar-refractivity contribution is 5.90. The highest BCUT2D eigenvalue weighted by Gasteiger charge is 2.05. The van der Waals surface area contributed by atoms with Crippen LogP contribution in [0.1, 0.15) is 11.1 Å². The van der Waals surface area contributed by atoms with Gasteiger partial charge in [-0.05, 0) is 46.5 Å². The Morgan fingerprint density at radius 3 is 2.50 bits per heavy atom. The van der Waals surface area contributed by atoms with Crippen LogP contribution in [0.5, 0.6) is 0 Å². The Morgan fingerprint density at radius 2 is 1.86 bits per heavy atom. The zero-order valence-electron chi connectivity index (χ0n) is 12.6. The number of allylic oxidation sites excluding steroid dienone is 3. The van der Waals surface area contributed by atoms with Crippen LogP contribution in [0, 0.1) is 10.8 Å². The predicted molar refractivity (Wildman–Crippen MR) is 96.3 cm³/mol. The maximum Gasteiger partial charge on any atom is 0.0426 e. The third-order valence-corrected chi connectivity index (χ3v) is 3.49. The van der Waals surface area contributed by atoms with Gasteiger partial charge >= 0.3 is 0 Å². The van der Waals surface area contributed by atoms with Gasteiger partial charge in [0.05, 0.1) is 0 Å². The standard InChI is InChI=1S/C19H19N3/c1-3-14(9-10-20)15-5-4-6-16(11-15)17-7-8-19(22-2)18(12-17)13-21/h3-13,20-22H,1H2,2H3/b14-9+,20-10?,21-13?. The fraction of sp³-hybridized carbons (Fsp3) is 0.0526. The van der Waals surface area contributed by atoms with Crippen molar-refractivity contribution in [1.29, 1.82) is 10.8 Å². The molecule has 0 saturated heterocycles. The van der Waals surface area contributed by atoms with Gasteiger partial charge in [-0.15, -0.1) is 0 Å². The Bertz CT molecular complexity index is 742. The van der Waals surface area contributed by atoms with E-state index in [2.05, 4.69) is 18.0 Å². The molecule has 3 N–H and O–H groups in total. The lowest BCUT2D eigenvalue weighted by molar-refractivity contribution is 1.47. The number of hydrogen-bond donors (Lipinski definition) is 3. The first-order valence-electron chi connectivity index (χ1n) is 6.99. The fourth-order valence-corrected chi connectivity index (χ4v) is 2.34. The lowest BCUT2D eigenvalue weighted by Crippen LogP contribution is -1.94. The number of nitrogens with one attached hydrogen (secondary N) is 3. The second-order valence-corrected chi connectivity index (χ2v) is 4.77. The van der Waals surface area contributed by atoms with E-state index in [1.807, 2.05) is 43.4 Å². The third-order valence-electron chi connectivity index (χ3n) is 3.49. The molecule has 0 unspecified atom stereocenters. The first kappa shape index (κ1) is 15.4. The smallest absolute Gasteiger partial charge is 0.0426 e. The van der Waals surface area contributed by atoms with Crippen molar-refractivity contribution in [2.75, 3.05) is 12.4 Å². The fourth-order valence-electron chi connectivity index (χ4n) is 2.34. The Hall–Kier alpha value is -2.94. The number of benzene rings is 2. The van der Waals surface area contributed by atoms with Crippen molar-refractivity contribution in [2.45, 2.75) is 0 Å². The molecule has 0 atom stereocenters. The van der Waals surface area contributed by atoms with Gasteiger partial charge in [0, 0.05) is 30.7 Å². The molecule has 0 radical (unpaired) electrons. The third kappa shape index (κ3) is 3.20. The summed E-state index contributed by atoms with van der Waals surface area (Å²) in [5.41, 5.74) is 5.84. The number of rotatable bonds is 6. The molecule has 0 saturated carbocycles. The van der Waals surface area contributed by atoms with E-state index in [0.29, 0.717) is 0 Å². The molecular formula is C19H19N3. The quantitative estimate of drug-likeness (QED) is 0.527. The van der Waals surface area contributed by atoms with Gasteiger partial charge in [-0.1, -0.05) is 36.9 Å². The molecular weight excluding hydrogens is 270 g/mol. The normalized spacial score (nSPS) is 10.9. The van der Waals surface area contributed by atoms with Crippen LogP contribution in [0.25, 0.3) is 16.7 Å². The predicted octanol–water partition coefficient (Wildman–Crippen LogP) is 4.61. The molecule has 3 nitrogen and oxygen atoms in total. The Morgan fingerprint density at radius 1 is 1.09 bits per heavy atom. The van der Waals surface area contributed by atoms with Crippen molar-refractivity contribution >= 4 is 23.7 Å². The lowest BCUT2D eigenvalue weighted by atomic mass is 9.97. The summed E-state index contributed by atoms with van der Waals surface area (Å²) >= 11 is 0. The first-order valence-corrected chi connectivity index (χ1v) is 6.99. The van der Waals surface area contributed by atoms with Gasteiger partial charge < -0.3 is 16.1 Å². The summed E-state index contributed by atoms with van der Waals surface area (Å²) in [5.74, 6) is 0. The summed E-state index contributed by atoms with van der Waals surface area (Å²) in [6.07, 6.45) is 6.08. The van der Waals surface area contributed by atoms with Crippen molar-refractivity contribution in [3.8, 4) is 11.1 Å². The molecule has 0 spiro atoms. The van der Waals surface area contributed by atoms with E-state index in [9.17, 15) is 0 Å². The summed E-state index contributed by atoms with van der Waals surface area (Å²) in [6.45, 7) is 3.80. The minimum Gasteiger partial charge on any atom is -0.388 e.